The zero-order valence-electron chi connectivity index (χ0n) is 19.1. The van der Waals surface area contributed by atoms with Gasteiger partial charge in [0.05, 0.1) is 35.8 Å². The minimum Gasteiger partial charge on any atom is -0.468 e. The van der Waals surface area contributed by atoms with E-state index in [1.807, 2.05) is 0 Å². The monoisotopic (exact) mass is 506 g/mol. The van der Waals surface area contributed by atoms with Gasteiger partial charge < -0.3 is 19.7 Å². The maximum atomic E-state index is 14.0. The summed E-state index contributed by atoms with van der Waals surface area (Å²) < 4.78 is 23.3. The summed E-state index contributed by atoms with van der Waals surface area (Å²) in [7, 11) is 2.32. The van der Waals surface area contributed by atoms with E-state index in [9.17, 15) is 39.0 Å². The lowest BCUT2D eigenvalue weighted by molar-refractivity contribution is -0.395. The van der Waals surface area contributed by atoms with Crippen LogP contribution in [-0.4, -0.2) is 55.0 Å². The molecule has 36 heavy (non-hydrogen) atoms. The molecule has 0 spiro atoms. The van der Waals surface area contributed by atoms with Crippen molar-refractivity contribution in [2.45, 2.75) is 6.92 Å². The van der Waals surface area contributed by atoms with Crippen molar-refractivity contribution >= 4 is 52.0 Å². The predicted molar refractivity (Wildman–Crippen MR) is 121 cm³/mol. The Morgan fingerprint density at radius 1 is 0.944 bits per heavy atom. The smallest absolute Gasteiger partial charge is 0.325 e. The molecular formula is C20H19FN6O9. The van der Waals surface area contributed by atoms with Crippen LogP contribution in [0.5, 0.6) is 0 Å². The summed E-state index contributed by atoms with van der Waals surface area (Å²) in [5.74, 6) is -3.24. The number of nitrogens with one attached hydrogen (secondary N) is 1. The van der Waals surface area contributed by atoms with Crippen molar-refractivity contribution < 1.29 is 38.1 Å². The summed E-state index contributed by atoms with van der Waals surface area (Å²) in [5, 5.41) is 32.1. The highest BCUT2D eigenvalue weighted by Gasteiger charge is 2.25. The molecule has 1 amide bonds. The highest BCUT2D eigenvalue weighted by Crippen LogP contribution is 2.36. The van der Waals surface area contributed by atoms with Crippen LogP contribution >= 0.6 is 0 Å². The van der Waals surface area contributed by atoms with Crippen LogP contribution in [0.4, 0.5) is 38.5 Å². The van der Waals surface area contributed by atoms with Gasteiger partial charge in [0.25, 0.3) is 0 Å². The highest BCUT2D eigenvalue weighted by molar-refractivity contribution is 5.93. The summed E-state index contributed by atoms with van der Waals surface area (Å²) in [5.41, 5.74) is -2.35. The van der Waals surface area contributed by atoms with Crippen LogP contribution in [0.25, 0.3) is 0 Å². The zero-order chi connectivity index (χ0) is 27.0. The van der Waals surface area contributed by atoms with Gasteiger partial charge in [-0.25, -0.2) is 0 Å². The first kappa shape index (κ1) is 27.2. The molecule has 0 saturated heterocycles. The van der Waals surface area contributed by atoms with E-state index in [1.54, 1.807) is 0 Å². The van der Waals surface area contributed by atoms with Crippen molar-refractivity contribution in [2.75, 3.05) is 37.5 Å². The number of nitro benzene ring substituents is 2. The second-order valence-electron chi connectivity index (χ2n) is 6.90. The quantitative estimate of drug-likeness (QED) is 0.216. The molecule has 1 N–H and O–H groups in total. The van der Waals surface area contributed by atoms with Gasteiger partial charge in [0.15, 0.2) is 5.69 Å². The van der Waals surface area contributed by atoms with Crippen LogP contribution in [0.15, 0.2) is 40.6 Å². The Bertz CT molecular complexity index is 1230. The third kappa shape index (κ3) is 6.99. The molecular weight excluding hydrogens is 487 g/mol. The third-order valence-corrected chi connectivity index (χ3v) is 4.45. The van der Waals surface area contributed by atoms with Crippen molar-refractivity contribution in [1.29, 1.82) is 0 Å². The molecule has 0 bridgehead atoms. The maximum absolute atomic E-state index is 14.0. The zero-order valence-corrected chi connectivity index (χ0v) is 19.1. The fourth-order valence-electron chi connectivity index (χ4n) is 2.79. The van der Waals surface area contributed by atoms with Crippen molar-refractivity contribution in [1.82, 2.24) is 0 Å². The number of esters is 2. The minimum atomic E-state index is -1.36. The van der Waals surface area contributed by atoms with Crippen molar-refractivity contribution in [3.05, 3.63) is 56.4 Å². The Balaban J connectivity index is 2.54. The fourth-order valence-corrected chi connectivity index (χ4v) is 2.79. The average Bonchev–Trinajstić information content (AvgIpc) is 2.81. The number of amides is 1. The number of hydrogen-bond donors (Lipinski definition) is 1. The Hall–Kier alpha value is -5.02. The molecule has 15 nitrogen and oxygen atoms in total. The lowest BCUT2D eigenvalue weighted by Gasteiger charge is -2.23. The van der Waals surface area contributed by atoms with Crippen LogP contribution in [0.1, 0.15) is 6.92 Å². The summed E-state index contributed by atoms with van der Waals surface area (Å²) in [6.45, 7) is 0.491. The van der Waals surface area contributed by atoms with Gasteiger partial charge in [-0.15, -0.1) is 10.2 Å². The largest absolute Gasteiger partial charge is 0.468 e. The number of carbonyl (C=O) groups is 3. The van der Waals surface area contributed by atoms with E-state index in [2.05, 4.69) is 25.0 Å². The lowest BCUT2D eigenvalue weighted by atomic mass is 10.2. The molecule has 2 aromatic rings. The normalized spacial score (nSPS) is 10.6. The predicted octanol–water partition coefficient (Wildman–Crippen LogP) is 3.17. The van der Waals surface area contributed by atoms with Gasteiger partial charge in [-0.2, -0.15) is 4.39 Å². The molecule has 0 heterocycles. The first-order valence-electron chi connectivity index (χ1n) is 9.81. The van der Waals surface area contributed by atoms with Gasteiger partial charge in [-0.1, -0.05) is 0 Å². The minimum absolute atomic E-state index is 0.0218. The molecule has 0 radical (unpaired) electrons. The van der Waals surface area contributed by atoms with Gasteiger partial charge in [-0.3, -0.25) is 34.6 Å². The van der Waals surface area contributed by atoms with Crippen LogP contribution in [0.3, 0.4) is 0 Å². The maximum Gasteiger partial charge on any atom is 0.325 e. The number of halogens is 1. The standard InChI is InChI=1S/C20H19FN6O9/c1-11(28)22-15-6-12(25(9-19(29)35-2)10-20(30)36-3)4-5-14(15)23-24-16-7-13(21)17(26(31)32)8-18(16)27(33)34/h4-8H,9-10H2,1-3H3,(H,22,28). The molecule has 0 aromatic heterocycles. The molecule has 0 saturated carbocycles. The highest BCUT2D eigenvalue weighted by atomic mass is 19.1. The molecule has 2 rings (SSSR count). The van der Waals surface area contributed by atoms with E-state index in [4.69, 9.17) is 0 Å². The first-order chi connectivity index (χ1) is 17.0. The van der Waals surface area contributed by atoms with E-state index in [1.165, 1.54) is 30.0 Å². The molecule has 190 valence electrons. The van der Waals surface area contributed by atoms with E-state index < -0.39 is 50.6 Å². The second-order valence-corrected chi connectivity index (χ2v) is 6.90. The molecule has 0 unspecified atom stereocenters. The number of benzene rings is 2. The van der Waals surface area contributed by atoms with Crippen molar-refractivity contribution in [3.8, 4) is 0 Å². The molecule has 0 fully saturated rings. The van der Waals surface area contributed by atoms with E-state index in [0.717, 1.165) is 14.2 Å². The SMILES string of the molecule is COC(=O)CN(CC(=O)OC)c1ccc(N=Nc2cc(F)c([N+](=O)[O-])cc2[N+](=O)[O-])c(NC(C)=O)c1. The van der Waals surface area contributed by atoms with Gasteiger partial charge >= 0.3 is 23.3 Å². The Morgan fingerprint density at radius 3 is 2.00 bits per heavy atom. The van der Waals surface area contributed by atoms with E-state index >= 15 is 0 Å². The number of nitro groups is 2. The van der Waals surface area contributed by atoms with E-state index in [-0.39, 0.29) is 30.2 Å². The average molecular weight is 506 g/mol. The Kier molecular flexibility index (Phi) is 9.01. The summed E-state index contributed by atoms with van der Waals surface area (Å²) in [6, 6.07) is 4.95. The van der Waals surface area contributed by atoms with Gasteiger partial charge in [0.2, 0.25) is 11.7 Å². The number of methoxy groups -OCH3 is 2. The fraction of sp³-hybridized carbons (Fsp3) is 0.250. The van der Waals surface area contributed by atoms with Crippen LogP contribution in [0, 0.1) is 26.0 Å². The number of nitrogens with zero attached hydrogens (tertiary/aromatic N) is 5. The Morgan fingerprint density at radius 2 is 1.50 bits per heavy atom. The number of hydrogen-bond acceptors (Lipinski definition) is 12. The molecule has 0 aliphatic heterocycles. The number of anilines is 2. The molecule has 0 aliphatic rings. The number of ether oxygens (including phenoxy) is 2. The summed E-state index contributed by atoms with van der Waals surface area (Å²) in [4.78, 5) is 56.6. The van der Waals surface area contributed by atoms with Gasteiger partial charge in [0.1, 0.15) is 18.8 Å². The first-order valence-corrected chi connectivity index (χ1v) is 9.81. The van der Waals surface area contributed by atoms with Crippen LogP contribution in [-0.2, 0) is 23.9 Å². The summed E-state index contributed by atoms with van der Waals surface area (Å²) >= 11 is 0. The lowest BCUT2D eigenvalue weighted by Crippen LogP contribution is -2.35. The number of rotatable bonds is 10. The van der Waals surface area contributed by atoms with Gasteiger partial charge in [-0.05, 0) is 18.2 Å². The van der Waals surface area contributed by atoms with Crippen molar-refractivity contribution in [3.63, 3.8) is 0 Å². The van der Waals surface area contributed by atoms with E-state index in [0.29, 0.717) is 12.1 Å². The molecule has 2 aromatic carbocycles. The number of azo groups is 1. The van der Waals surface area contributed by atoms with Gasteiger partial charge in [0, 0.05) is 18.7 Å². The molecule has 0 aliphatic carbocycles. The van der Waals surface area contributed by atoms with Crippen LogP contribution in [0.2, 0.25) is 0 Å². The Labute approximate surface area is 201 Å². The topological polar surface area (TPSA) is 196 Å². The third-order valence-electron chi connectivity index (χ3n) is 4.45. The van der Waals surface area contributed by atoms with Crippen molar-refractivity contribution in [2.24, 2.45) is 10.2 Å². The second kappa shape index (κ2) is 11.9. The molecule has 16 heteroatoms. The summed E-state index contributed by atoms with van der Waals surface area (Å²) in [6.07, 6.45) is 0. The van der Waals surface area contributed by atoms with Crippen LogP contribution < -0.4 is 10.2 Å². The number of carbonyl (C=O) groups excluding carboxylic acids is 3. The molecule has 0 atom stereocenters.